The van der Waals surface area contributed by atoms with E-state index in [1.165, 1.54) is 0 Å². The summed E-state index contributed by atoms with van der Waals surface area (Å²) >= 11 is 0. The number of ether oxygens (including phenoxy) is 1. The van der Waals surface area contributed by atoms with Gasteiger partial charge in [-0.1, -0.05) is 0 Å². The molecule has 5 rings (SSSR count). The lowest BCUT2D eigenvalue weighted by Crippen LogP contribution is -2.37. The number of hydrogen-bond acceptors (Lipinski definition) is 5. The molecular formula is C19H20N6O. The van der Waals surface area contributed by atoms with Crippen molar-refractivity contribution < 1.29 is 4.74 Å². The Bertz CT molecular complexity index is 1060. The second-order valence-corrected chi connectivity index (χ2v) is 6.67. The SMILES string of the molecule is CN(c1ccc2ncc(-c3ccc4nccn4c3)n2n1)C1CCOCC1. The van der Waals surface area contributed by atoms with E-state index in [4.69, 9.17) is 9.84 Å². The largest absolute Gasteiger partial charge is 0.381 e. The molecule has 0 aromatic carbocycles. The number of anilines is 1. The van der Waals surface area contributed by atoms with E-state index < -0.39 is 0 Å². The standard InChI is InChI=1S/C19H20N6O/c1-23(15-6-10-26-11-7-15)19-5-4-18-21-12-16(25(18)22-19)14-2-3-17-20-8-9-24(17)13-14/h2-5,8-9,12-13,15H,6-7,10-11H2,1H3. The topological polar surface area (TPSA) is 60.0 Å². The molecule has 0 unspecified atom stereocenters. The Labute approximate surface area is 150 Å². The molecule has 4 aromatic rings. The van der Waals surface area contributed by atoms with Crippen LogP contribution in [0.25, 0.3) is 22.6 Å². The van der Waals surface area contributed by atoms with Crippen molar-refractivity contribution in [2.45, 2.75) is 18.9 Å². The van der Waals surface area contributed by atoms with Crippen molar-refractivity contribution in [2.24, 2.45) is 0 Å². The Morgan fingerprint density at radius 2 is 1.92 bits per heavy atom. The number of pyridine rings is 1. The second-order valence-electron chi connectivity index (χ2n) is 6.67. The van der Waals surface area contributed by atoms with Crippen molar-refractivity contribution in [1.82, 2.24) is 24.0 Å². The van der Waals surface area contributed by atoms with Crippen LogP contribution in [0.5, 0.6) is 0 Å². The zero-order chi connectivity index (χ0) is 17.5. The number of fused-ring (bicyclic) bond motifs is 2. The molecule has 1 saturated heterocycles. The molecule has 0 bridgehead atoms. The highest BCUT2D eigenvalue weighted by Gasteiger charge is 2.20. The van der Waals surface area contributed by atoms with Crippen LogP contribution in [0.2, 0.25) is 0 Å². The van der Waals surface area contributed by atoms with E-state index in [-0.39, 0.29) is 0 Å². The number of hydrogen-bond donors (Lipinski definition) is 0. The molecule has 7 nitrogen and oxygen atoms in total. The van der Waals surface area contributed by atoms with Crippen molar-refractivity contribution >= 4 is 17.1 Å². The molecule has 0 aliphatic carbocycles. The van der Waals surface area contributed by atoms with Gasteiger partial charge >= 0.3 is 0 Å². The van der Waals surface area contributed by atoms with Gasteiger partial charge in [0.05, 0.1) is 11.9 Å². The third kappa shape index (κ3) is 2.52. The lowest BCUT2D eigenvalue weighted by molar-refractivity contribution is 0.0853. The van der Waals surface area contributed by atoms with Crippen LogP contribution >= 0.6 is 0 Å². The summed E-state index contributed by atoms with van der Waals surface area (Å²) in [6, 6.07) is 8.59. The van der Waals surface area contributed by atoms with Gasteiger partial charge in [0.15, 0.2) is 5.65 Å². The molecule has 1 fully saturated rings. The highest BCUT2D eigenvalue weighted by molar-refractivity contribution is 5.64. The van der Waals surface area contributed by atoms with Crippen LogP contribution in [0.1, 0.15) is 12.8 Å². The quantitative estimate of drug-likeness (QED) is 0.570. The predicted octanol–water partition coefficient (Wildman–Crippen LogP) is 2.66. The first-order valence-electron chi connectivity index (χ1n) is 8.88. The van der Waals surface area contributed by atoms with Gasteiger partial charge in [0.2, 0.25) is 0 Å². The van der Waals surface area contributed by atoms with E-state index in [9.17, 15) is 0 Å². The van der Waals surface area contributed by atoms with Gasteiger partial charge in [-0.3, -0.25) is 0 Å². The smallest absolute Gasteiger partial charge is 0.154 e. The summed E-state index contributed by atoms with van der Waals surface area (Å²) in [6.45, 7) is 1.64. The van der Waals surface area contributed by atoms with E-state index in [0.717, 1.165) is 54.4 Å². The summed E-state index contributed by atoms with van der Waals surface area (Å²) in [7, 11) is 2.11. The zero-order valence-electron chi connectivity index (χ0n) is 14.6. The van der Waals surface area contributed by atoms with Gasteiger partial charge in [-0.2, -0.15) is 0 Å². The summed E-state index contributed by atoms with van der Waals surface area (Å²) in [5, 5.41) is 4.87. The number of imidazole rings is 2. The third-order valence-corrected chi connectivity index (χ3v) is 5.13. The summed E-state index contributed by atoms with van der Waals surface area (Å²) in [5.74, 6) is 0.951. The van der Waals surface area contributed by atoms with Gasteiger partial charge in [-0.05, 0) is 37.1 Å². The summed E-state index contributed by atoms with van der Waals surface area (Å²) < 4.78 is 9.41. The molecule has 1 aliphatic heterocycles. The van der Waals surface area contributed by atoms with E-state index >= 15 is 0 Å². The first-order valence-corrected chi connectivity index (χ1v) is 8.88. The first kappa shape index (κ1) is 15.3. The Hall–Kier alpha value is -2.93. The van der Waals surface area contributed by atoms with Crippen LogP contribution in [0, 0.1) is 0 Å². The maximum atomic E-state index is 5.48. The van der Waals surface area contributed by atoms with Gasteiger partial charge in [-0.25, -0.2) is 14.5 Å². The van der Waals surface area contributed by atoms with Crippen LogP contribution in [-0.2, 0) is 4.74 Å². The molecule has 26 heavy (non-hydrogen) atoms. The summed E-state index contributed by atoms with van der Waals surface area (Å²) in [4.78, 5) is 11.1. The highest BCUT2D eigenvalue weighted by atomic mass is 16.5. The van der Waals surface area contributed by atoms with E-state index in [0.29, 0.717) is 6.04 Å². The Morgan fingerprint density at radius 3 is 2.81 bits per heavy atom. The van der Waals surface area contributed by atoms with Crippen LogP contribution in [-0.4, -0.2) is 50.3 Å². The minimum atomic E-state index is 0.461. The van der Waals surface area contributed by atoms with E-state index in [1.54, 1.807) is 6.20 Å². The van der Waals surface area contributed by atoms with Crippen molar-refractivity contribution in [3.63, 3.8) is 0 Å². The molecule has 132 valence electrons. The molecule has 4 aromatic heterocycles. The fourth-order valence-corrected chi connectivity index (χ4v) is 3.58. The molecule has 0 atom stereocenters. The van der Waals surface area contributed by atoms with Crippen molar-refractivity contribution in [2.75, 3.05) is 25.2 Å². The maximum Gasteiger partial charge on any atom is 0.154 e. The van der Waals surface area contributed by atoms with Gasteiger partial charge in [0.25, 0.3) is 0 Å². The molecule has 0 saturated carbocycles. The van der Waals surface area contributed by atoms with Crippen LogP contribution in [0.4, 0.5) is 5.82 Å². The van der Waals surface area contributed by atoms with Gasteiger partial charge < -0.3 is 14.0 Å². The van der Waals surface area contributed by atoms with Crippen molar-refractivity contribution in [3.05, 3.63) is 49.1 Å². The minimum absolute atomic E-state index is 0.461. The van der Waals surface area contributed by atoms with Gasteiger partial charge in [0, 0.05) is 50.5 Å². The predicted molar refractivity (Wildman–Crippen MR) is 99.4 cm³/mol. The lowest BCUT2D eigenvalue weighted by atomic mass is 10.1. The fraction of sp³-hybridized carbons (Fsp3) is 0.316. The number of rotatable bonds is 3. The number of aromatic nitrogens is 5. The average Bonchev–Trinajstić information content (AvgIpc) is 3.33. The van der Waals surface area contributed by atoms with Crippen molar-refractivity contribution in [1.29, 1.82) is 0 Å². The van der Waals surface area contributed by atoms with Gasteiger partial charge in [0.1, 0.15) is 11.5 Å². The Kier molecular flexibility index (Phi) is 3.60. The fourth-order valence-electron chi connectivity index (χ4n) is 3.58. The van der Waals surface area contributed by atoms with Crippen LogP contribution in [0.15, 0.2) is 49.1 Å². The third-order valence-electron chi connectivity index (χ3n) is 5.13. The van der Waals surface area contributed by atoms with E-state index in [2.05, 4.69) is 34.2 Å². The molecule has 0 amide bonds. The van der Waals surface area contributed by atoms with E-state index in [1.807, 2.05) is 39.5 Å². The van der Waals surface area contributed by atoms with Crippen LogP contribution in [0.3, 0.4) is 0 Å². The van der Waals surface area contributed by atoms with Crippen molar-refractivity contribution in [3.8, 4) is 11.3 Å². The highest BCUT2D eigenvalue weighted by Crippen LogP contribution is 2.24. The molecule has 0 radical (unpaired) electrons. The van der Waals surface area contributed by atoms with Gasteiger partial charge in [-0.15, -0.1) is 5.10 Å². The molecule has 5 heterocycles. The van der Waals surface area contributed by atoms with Crippen LogP contribution < -0.4 is 4.90 Å². The Morgan fingerprint density at radius 1 is 1.08 bits per heavy atom. The molecule has 7 heteroatoms. The second kappa shape index (κ2) is 6.10. The number of nitrogens with zero attached hydrogens (tertiary/aromatic N) is 6. The Balaban J connectivity index is 1.56. The summed E-state index contributed by atoms with van der Waals surface area (Å²) in [5.41, 5.74) is 3.80. The molecule has 1 aliphatic rings. The summed E-state index contributed by atoms with van der Waals surface area (Å²) in [6.07, 6.45) is 9.74. The normalized spacial score (nSPS) is 15.7. The average molecular weight is 348 g/mol. The monoisotopic (exact) mass is 348 g/mol. The molecule has 0 spiro atoms. The molecule has 0 N–H and O–H groups in total. The lowest BCUT2D eigenvalue weighted by Gasteiger charge is -2.31. The zero-order valence-corrected chi connectivity index (χ0v) is 14.6. The molecular weight excluding hydrogens is 328 g/mol. The first-order chi connectivity index (χ1) is 12.8. The minimum Gasteiger partial charge on any atom is -0.381 e. The maximum absolute atomic E-state index is 5.48.